The third-order valence-electron chi connectivity index (χ3n) is 6.82. The van der Waals surface area contributed by atoms with E-state index in [1.165, 1.54) is 0 Å². The van der Waals surface area contributed by atoms with Crippen LogP contribution in [0.4, 0.5) is 17.2 Å². The fraction of sp³-hybridized carbons (Fsp3) is 0.500. The number of fused-ring (bicyclic) bond motifs is 1. The molecular formula is C26H35ClN6O3. The van der Waals surface area contributed by atoms with Gasteiger partial charge in [-0.15, -0.1) is 0 Å². The van der Waals surface area contributed by atoms with Crippen LogP contribution < -0.4 is 15.9 Å². The standard InChI is InChI=1S/C26H35ClN6O3/c1-26(2,36)10-13-33-22-14-18(6-7-21(22)31(5)25(33)35)29-20-15-23(28-16-19(20)27)32-11-8-17(9-12-32)24(34)30(3)4/h6-7,14-17,36H,8-13H2,1-5H3,(H,28,29). The molecule has 0 atom stereocenters. The third kappa shape index (κ3) is 5.52. The number of aliphatic hydroxyl groups is 1. The predicted octanol–water partition coefficient (Wildman–Crippen LogP) is 3.60. The van der Waals surface area contributed by atoms with Crippen LogP contribution in [0.2, 0.25) is 5.02 Å². The molecule has 3 aromatic rings. The Bertz CT molecular complexity index is 1320. The SMILES string of the molecule is CN(C)C(=O)C1CCN(c2cc(Nc3ccc4c(c3)n(CCC(C)(C)O)c(=O)n4C)c(Cl)cn2)CC1. The second-order valence-electron chi connectivity index (χ2n) is 10.4. The van der Waals surface area contributed by atoms with Gasteiger partial charge in [-0.05, 0) is 51.3 Å². The minimum absolute atomic E-state index is 0.0488. The Labute approximate surface area is 216 Å². The minimum atomic E-state index is -0.868. The van der Waals surface area contributed by atoms with Crippen LogP contribution in [0.1, 0.15) is 33.1 Å². The molecule has 0 spiro atoms. The van der Waals surface area contributed by atoms with Crippen LogP contribution in [0.5, 0.6) is 0 Å². The number of hydrogen-bond acceptors (Lipinski definition) is 6. The van der Waals surface area contributed by atoms with Gasteiger partial charge in [0.15, 0.2) is 0 Å². The number of nitrogens with one attached hydrogen (secondary N) is 1. The molecule has 0 unspecified atom stereocenters. The maximum atomic E-state index is 12.8. The van der Waals surface area contributed by atoms with E-state index in [-0.39, 0.29) is 17.5 Å². The van der Waals surface area contributed by atoms with Gasteiger partial charge in [-0.3, -0.25) is 13.9 Å². The van der Waals surface area contributed by atoms with E-state index in [0.29, 0.717) is 23.7 Å². The number of carbonyl (C=O) groups is 1. The Kier molecular flexibility index (Phi) is 7.33. The van der Waals surface area contributed by atoms with Gasteiger partial charge in [-0.25, -0.2) is 9.78 Å². The summed E-state index contributed by atoms with van der Waals surface area (Å²) in [6, 6.07) is 7.67. The van der Waals surface area contributed by atoms with Gasteiger partial charge in [-0.1, -0.05) is 11.6 Å². The van der Waals surface area contributed by atoms with Gasteiger partial charge >= 0.3 is 5.69 Å². The van der Waals surface area contributed by atoms with Gasteiger partial charge in [0, 0.05) is 58.4 Å². The van der Waals surface area contributed by atoms with E-state index in [9.17, 15) is 14.7 Å². The highest BCUT2D eigenvalue weighted by atomic mass is 35.5. The van der Waals surface area contributed by atoms with Crippen molar-refractivity contribution in [2.75, 3.05) is 37.4 Å². The van der Waals surface area contributed by atoms with Crippen molar-refractivity contribution in [3.8, 4) is 0 Å². The summed E-state index contributed by atoms with van der Waals surface area (Å²) in [5, 5.41) is 14.0. The fourth-order valence-electron chi connectivity index (χ4n) is 4.66. The molecule has 36 heavy (non-hydrogen) atoms. The van der Waals surface area contributed by atoms with Crippen LogP contribution in [0.3, 0.4) is 0 Å². The Balaban J connectivity index is 1.55. The molecular weight excluding hydrogens is 480 g/mol. The molecule has 2 aromatic heterocycles. The molecule has 1 aliphatic rings. The van der Waals surface area contributed by atoms with Gasteiger partial charge in [0.05, 0.1) is 33.5 Å². The topological polar surface area (TPSA) is 95.6 Å². The Morgan fingerprint density at radius 3 is 2.56 bits per heavy atom. The number of rotatable bonds is 7. The third-order valence-corrected chi connectivity index (χ3v) is 7.12. The first-order valence-electron chi connectivity index (χ1n) is 12.2. The minimum Gasteiger partial charge on any atom is -0.390 e. The summed E-state index contributed by atoms with van der Waals surface area (Å²) in [6.45, 7) is 5.39. The van der Waals surface area contributed by atoms with Crippen LogP contribution in [0.15, 0.2) is 35.3 Å². The van der Waals surface area contributed by atoms with Gasteiger partial charge in [0.25, 0.3) is 0 Å². The average Bonchev–Trinajstić information content (AvgIpc) is 3.07. The molecule has 1 aromatic carbocycles. The normalized spacial score (nSPS) is 14.9. The van der Waals surface area contributed by atoms with Crippen molar-refractivity contribution in [1.82, 2.24) is 19.0 Å². The molecule has 0 radical (unpaired) electrons. The van der Waals surface area contributed by atoms with E-state index in [0.717, 1.165) is 48.5 Å². The maximum absolute atomic E-state index is 12.8. The Morgan fingerprint density at radius 1 is 1.22 bits per heavy atom. The molecule has 194 valence electrons. The number of benzene rings is 1. The smallest absolute Gasteiger partial charge is 0.328 e. The van der Waals surface area contributed by atoms with Crippen LogP contribution >= 0.6 is 11.6 Å². The highest BCUT2D eigenvalue weighted by molar-refractivity contribution is 6.33. The number of nitrogens with zero attached hydrogens (tertiary/aromatic N) is 5. The highest BCUT2D eigenvalue weighted by Gasteiger charge is 2.27. The molecule has 0 saturated carbocycles. The molecule has 1 amide bonds. The van der Waals surface area contributed by atoms with Crippen molar-refractivity contribution >= 4 is 45.7 Å². The molecule has 2 N–H and O–H groups in total. The second-order valence-corrected chi connectivity index (χ2v) is 10.8. The van der Waals surface area contributed by atoms with Crippen LogP contribution in [0.25, 0.3) is 11.0 Å². The molecule has 9 nitrogen and oxygen atoms in total. The number of halogens is 1. The van der Waals surface area contributed by atoms with Gasteiger partial charge in [0.2, 0.25) is 5.91 Å². The first-order chi connectivity index (χ1) is 16.9. The number of aryl methyl sites for hydroxylation is 2. The lowest BCUT2D eigenvalue weighted by Crippen LogP contribution is -2.40. The molecule has 0 bridgehead atoms. The number of carbonyl (C=O) groups excluding carboxylic acids is 1. The van der Waals surface area contributed by atoms with E-state index >= 15 is 0 Å². The zero-order valence-corrected chi connectivity index (χ0v) is 22.3. The van der Waals surface area contributed by atoms with E-state index in [1.807, 2.05) is 24.3 Å². The largest absolute Gasteiger partial charge is 0.390 e. The van der Waals surface area contributed by atoms with E-state index < -0.39 is 5.60 Å². The van der Waals surface area contributed by atoms with E-state index in [1.54, 1.807) is 55.2 Å². The average molecular weight is 515 g/mol. The monoisotopic (exact) mass is 514 g/mol. The Morgan fingerprint density at radius 2 is 1.92 bits per heavy atom. The number of imidazole rings is 1. The molecule has 10 heteroatoms. The summed E-state index contributed by atoms with van der Waals surface area (Å²) < 4.78 is 3.31. The van der Waals surface area contributed by atoms with Gasteiger partial charge in [0.1, 0.15) is 5.82 Å². The zero-order chi connectivity index (χ0) is 26.2. The fourth-order valence-corrected chi connectivity index (χ4v) is 4.81. The quantitative estimate of drug-likeness (QED) is 0.500. The lowest BCUT2D eigenvalue weighted by molar-refractivity contribution is -0.133. The van der Waals surface area contributed by atoms with Crippen molar-refractivity contribution in [2.45, 2.75) is 45.3 Å². The number of amides is 1. The maximum Gasteiger partial charge on any atom is 0.328 e. The number of aromatic nitrogens is 3. The molecule has 1 aliphatic heterocycles. The number of hydrogen-bond donors (Lipinski definition) is 2. The summed E-state index contributed by atoms with van der Waals surface area (Å²) in [7, 11) is 5.35. The molecule has 1 fully saturated rings. The predicted molar refractivity (Wildman–Crippen MR) is 144 cm³/mol. The summed E-state index contributed by atoms with van der Waals surface area (Å²) >= 11 is 6.48. The molecule has 1 saturated heterocycles. The van der Waals surface area contributed by atoms with E-state index in [4.69, 9.17) is 11.6 Å². The van der Waals surface area contributed by atoms with Crippen LogP contribution in [-0.2, 0) is 18.4 Å². The van der Waals surface area contributed by atoms with Crippen molar-refractivity contribution in [3.05, 3.63) is 46.0 Å². The first-order valence-corrected chi connectivity index (χ1v) is 12.6. The van der Waals surface area contributed by atoms with Crippen molar-refractivity contribution in [3.63, 3.8) is 0 Å². The van der Waals surface area contributed by atoms with Gasteiger partial charge in [-0.2, -0.15) is 0 Å². The first kappa shape index (κ1) is 26.0. The molecule has 0 aliphatic carbocycles. The highest BCUT2D eigenvalue weighted by Crippen LogP contribution is 2.31. The molecule has 4 rings (SSSR count). The summed E-state index contributed by atoms with van der Waals surface area (Å²) in [4.78, 5) is 33.5. The number of pyridine rings is 1. The summed E-state index contributed by atoms with van der Waals surface area (Å²) in [5.41, 5.74) is 2.12. The number of anilines is 3. The number of piperidine rings is 1. The lowest BCUT2D eigenvalue weighted by Gasteiger charge is -2.33. The molecule has 3 heterocycles. The summed E-state index contributed by atoms with van der Waals surface area (Å²) in [5.74, 6) is 1.03. The van der Waals surface area contributed by atoms with E-state index in [2.05, 4.69) is 15.2 Å². The van der Waals surface area contributed by atoms with Crippen molar-refractivity contribution in [1.29, 1.82) is 0 Å². The summed E-state index contributed by atoms with van der Waals surface area (Å²) in [6.07, 6.45) is 3.67. The van der Waals surface area contributed by atoms with Gasteiger partial charge < -0.3 is 20.2 Å². The van der Waals surface area contributed by atoms with Crippen LogP contribution in [0, 0.1) is 5.92 Å². The van der Waals surface area contributed by atoms with Crippen molar-refractivity contribution < 1.29 is 9.90 Å². The second kappa shape index (κ2) is 10.1. The lowest BCUT2D eigenvalue weighted by atomic mass is 9.95. The zero-order valence-electron chi connectivity index (χ0n) is 21.6. The van der Waals surface area contributed by atoms with Crippen molar-refractivity contribution in [2.24, 2.45) is 13.0 Å². The Hall–Kier alpha value is -3.04. The van der Waals surface area contributed by atoms with Crippen LogP contribution in [-0.4, -0.2) is 62.8 Å².